The zero-order valence-electron chi connectivity index (χ0n) is 13.1. The Morgan fingerprint density at radius 1 is 1.10 bits per heavy atom. The summed E-state index contributed by atoms with van der Waals surface area (Å²) in [6.45, 7) is 2.83. The van der Waals surface area contributed by atoms with Crippen molar-refractivity contribution in [1.82, 2.24) is 0 Å². The molecule has 1 aliphatic rings. The minimum absolute atomic E-state index is 0.169. The highest BCUT2D eigenvalue weighted by atomic mass is 16.7. The highest BCUT2D eigenvalue weighted by Gasteiger charge is 2.47. The van der Waals surface area contributed by atoms with E-state index in [9.17, 15) is 5.11 Å². The summed E-state index contributed by atoms with van der Waals surface area (Å²) in [5.41, 5.74) is 0. The number of epoxide rings is 1. The monoisotopic (exact) mass is 292 g/mol. The lowest BCUT2D eigenvalue weighted by Gasteiger charge is -2.27. The van der Waals surface area contributed by atoms with Crippen LogP contribution < -0.4 is 4.74 Å². The van der Waals surface area contributed by atoms with Gasteiger partial charge in [0.15, 0.2) is 0 Å². The summed E-state index contributed by atoms with van der Waals surface area (Å²) in [4.78, 5) is 0. The van der Waals surface area contributed by atoms with Crippen LogP contribution in [0.2, 0.25) is 0 Å². The van der Waals surface area contributed by atoms with E-state index in [2.05, 4.69) is 6.92 Å². The number of aliphatic hydroxyl groups is 1. The molecule has 2 rings (SSSR count). The fraction of sp³-hybridized carbons (Fsp3) is 0.667. The number of unbranched alkanes of at least 4 members (excludes halogenated alkanes) is 6. The van der Waals surface area contributed by atoms with Crippen molar-refractivity contribution < 1.29 is 14.6 Å². The van der Waals surface area contributed by atoms with E-state index in [1.165, 1.54) is 32.1 Å². The van der Waals surface area contributed by atoms with Gasteiger partial charge in [-0.25, -0.2) is 0 Å². The molecule has 3 nitrogen and oxygen atoms in total. The lowest BCUT2D eigenvalue weighted by Crippen LogP contribution is -2.41. The number of para-hydroxylation sites is 1. The van der Waals surface area contributed by atoms with Crippen LogP contribution in [-0.4, -0.2) is 23.6 Å². The van der Waals surface area contributed by atoms with Crippen molar-refractivity contribution in [3.63, 3.8) is 0 Å². The molecule has 0 bridgehead atoms. The van der Waals surface area contributed by atoms with E-state index in [-0.39, 0.29) is 6.10 Å². The van der Waals surface area contributed by atoms with Gasteiger partial charge in [0.2, 0.25) is 5.79 Å². The third-order valence-corrected chi connectivity index (χ3v) is 4.01. The van der Waals surface area contributed by atoms with Gasteiger partial charge in [0.1, 0.15) is 11.9 Å². The second-order valence-corrected chi connectivity index (χ2v) is 5.95. The Hall–Kier alpha value is -1.06. The molecular weight excluding hydrogens is 264 g/mol. The summed E-state index contributed by atoms with van der Waals surface area (Å²) in [5.74, 6) is -0.455. The molecule has 1 aliphatic heterocycles. The van der Waals surface area contributed by atoms with E-state index in [1.54, 1.807) is 0 Å². The van der Waals surface area contributed by atoms with Gasteiger partial charge < -0.3 is 14.6 Å². The predicted octanol–water partition coefficient (Wildman–Crippen LogP) is 4.29. The average Bonchev–Trinajstić information content (AvgIpc) is 3.32. The van der Waals surface area contributed by atoms with Crippen molar-refractivity contribution in [1.29, 1.82) is 0 Å². The Labute approximate surface area is 128 Å². The zero-order chi connectivity index (χ0) is 15.0. The number of hydrogen-bond donors (Lipinski definition) is 1. The van der Waals surface area contributed by atoms with Gasteiger partial charge in [-0.1, -0.05) is 63.6 Å². The first-order valence-electron chi connectivity index (χ1n) is 8.32. The molecule has 2 atom stereocenters. The number of ether oxygens (including phenoxy) is 2. The third-order valence-electron chi connectivity index (χ3n) is 4.01. The lowest BCUT2D eigenvalue weighted by atomic mass is 10.0. The van der Waals surface area contributed by atoms with Gasteiger partial charge in [-0.2, -0.15) is 0 Å². The Morgan fingerprint density at radius 2 is 1.71 bits per heavy atom. The number of hydrogen-bond acceptors (Lipinski definition) is 3. The van der Waals surface area contributed by atoms with Gasteiger partial charge in [0, 0.05) is 6.42 Å². The van der Waals surface area contributed by atoms with Gasteiger partial charge in [-0.3, -0.25) is 0 Å². The Morgan fingerprint density at radius 3 is 2.33 bits per heavy atom. The molecule has 1 aromatic carbocycles. The van der Waals surface area contributed by atoms with E-state index in [1.807, 2.05) is 30.3 Å². The van der Waals surface area contributed by atoms with Crippen LogP contribution in [-0.2, 0) is 4.74 Å². The molecule has 3 heteroatoms. The summed E-state index contributed by atoms with van der Waals surface area (Å²) < 4.78 is 11.1. The summed E-state index contributed by atoms with van der Waals surface area (Å²) in [5, 5.41) is 10.7. The minimum atomic E-state index is -1.16. The Balaban J connectivity index is 1.71. The lowest BCUT2D eigenvalue weighted by molar-refractivity contribution is -0.159. The molecule has 2 unspecified atom stereocenters. The highest BCUT2D eigenvalue weighted by Crippen LogP contribution is 2.32. The Kier molecular flexibility index (Phi) is 6.52. The third kappa shape index (κ3) is 5.68. The van der Waals surface area contributed by atoms with Crippen LogP contribution in [0, 0.1) is 0 Å². The van der Waals surface area contributed by atoms with Gasteiger partial charge in [0.25, 0.3) is 0 Å². The molecule has 1 N–H and O–H groups in total. The summed E-state index contributed by atoms with van der Waals surface area (Å²) >= 11 is 0. The van der Waals surface area contributed by atoms with Gasteiger partial charge in [-0.05, 0) is 18.6 Å². The predicted molar refractivity (Wildman–Crippen MR) is 84.4 cm³/mol. The molecule has 0 radical (unpaired) electrons. The molecule has 0 saturated carbocycles. The van der Waals surface area contributed by atoms with Crippen molar-refractivity contribution in [2.75, 3.05) is 6.61 Å². The van der Waals surface area contributed by atoms with E-state index in [0.717, 1.165) is 12.8 Å². The zero-order valence-corrected chi connectivity index (χ0v) is 13.1. The maximum Gasteiger partial charge on any atom is 0.236 e. The standard InChI is InChI=1S/C18H28O3/c1-2-3-4-5-6-7-11-14-18(19,17-15-20-17)21-16-12-9-8-10-13-16/h8-10,12-13,17,19H,2-7,11,14-15H2,1H3. The molecule has 0 amide bonds. The number of benzene rings is 1. The topological polar surface area (TPSA) is 42.0 Å². The molecule has 1 fully saturated rings. The molecular formula is C18H28O3. The van der Waals surface area contributed by atoms with Crippen LogP contribution in [0.4, 0.5) is 0 Å². The van der Waals surface area contributed by atoms with E-state index in [4.69, 9.17) is 9.47 Å². The quantitative estimate of drug-likeness (QED) is 0.376. The van der Waals surface area contributed by atoms with Crippen molar-refractivity contribution in [2.45, 2.75) is 70.2 Å². The highest BCUT2D eigenvalue weighted by molar-refractivity contribution is 5.22. The average molecular weight is 292 g/mol. The van der Waals surface area contributed by atoms with E-state index >= 15 is 0 Å². The van der Waals surface area contributed by atoms with E-state index < -0.39 is 5.79 Å². The normalized spacial score (nSPS) is 20.0. The first kappa shape index (κ1) is 16.3. The SMILES string of the molecule is CCCCCCCCCC(O)(Oc1ccccc1)C1CO1. The van der Waals surface area contributed by atoms with E-state index in [0.29, 0.717) is 18.8 Å². The maximum atomic E-state index is 10.7. The van der Waals surface area contributed by atoms with Crippen molar-refractivity contribution in [3.8, 4) is 5.75 Å². The van der Waals surface area contributed by atoms with Crippen LogP contribution in [0.1, 0.15) is 58.3 Å². The summed E-state index contributed by atoms with van der Waals surface area (Å²) in [7, 11) is 0. The molecule has 1 aromatic rings. The smallest absolute Gasteiger partial charge is 0.236 e. The molecule has 1 saturated heterocycles. The molecule has 1 heterocycles. The van der Waals surface area contributed by atoms with Crippen LogP contribution in [0.25, 0.3) is 0 Å². The molecule has 118 valence electrons. The summed E-state index contributed by atoms with van der Waals surface area (Å²) in [6, 6.07) is 9.51. The minimum Gasteiger partial charge on any atom is -0.460 e. The van der Waals surface area contributed by atoms with Crippen molar-refractivity contribution in [3.05, 3.63) is 30.3 Å². The van der Waals surface area contributed by atoms with Crippen LogP contribution in [0.5, 0.6) is 5.75 Å². The van der Waals surface area contributed by atoms with Crippen LogP contribution in [0.15, 0.2) is 30.3 Å². The van der Waals surface area contributed by atoms with Gasteiger partial charge in [-0.15, -0.1) is 0 Å². The maximum absolute atomic E-state index is 10.7. The molecule has 0 aromatic heterocycles. The van der Waals surface area contributed by atoms with Gasteiger partial charge in [0.05, 0.1) is 6.61 Å². The fourth-order valence-corrected chi connectivity index (χ4v) is 2.61. The first-order valence-corrected chi connectivity index (χ1v) is 8.32. The molecule has 0 spiro atoms. The van der Waals surface area contributed by atoms with Crippen LogP contribution >= 0.6 is 0 Å². The molecule has 21 heavy (non-hydrogen) atoms. The van der Waals surface area contributed by atoms with Gasteiger partial charge >= 0.3 is 0 Å². The number of rotatable bonds is 11. The van der Waals surface area contributed by atoms with Crippen LogP contribution in [0.3, 0.4) is 0 Å². The fourth-order valence-electron chi connectivity index (χ4n) is 2.61. The second-order valence-electron chi connectivity index (χ2n) is 5.95. The second kappa shape index (κ2) is 8.40. The largest absolute Gasteiger partial charge is 0.460 e. The first-order chi connectivity index (χ1) is 10.2. The molecule has 0 aliphatic carbocycles. The van der Waals surface area contributed by atoms with Crippen molar-refractivity contribution in [2.24, 2.45) is 0 Å². The van der Waals surface area contributed by atoms with Crippen molar-refractivity contribution >= 4 is 0 Å². The Bertz CT molecular complexity index is 389. The summed E-state index contributed by atoms with van der Waals surface area (Å²) in [6.07, 6.45) is 9.08.